The minimum atomic E-state index is -1.07. The van der Waals surface area contributed by atoms with Crippen molar-refractivity contribution in [1.29, 1.82) is 0 Å². The molecule has 3 fully saturated rings. The normalized spacial score (nSPS) is 35.7. The van der Waals surface area contributed by atoms with Crippen LogP contribution in [0.2, 0.25) is 5.02 Å². The SMILES string of the molecule is CC1(C)CN(C(=O)[C@H]2CCCC[C@H]2NC(=O)C2C[C@@H](O)[C@@H](O)C2)CC[C@]1(O)c1ccc(Cl)cc1. The highest BCUT2D eigenvalue weighted by Crippen LogP contribution is 2.46. The number of aliphatic hydroxyl groups is 3. The van der Waals surface area contributed by atoms with Gasteiger partial charge < -0.3 is 25.5 Å². The third kappa shape index (κ3) is 4.85. The van der Waals surface area contributed by atoms with Gasteiger partial charge in [0.25, 0.3) is 0 Å². The second-order valence-electron chi connectivity index (χ2n) is 11.1. The van der Waals surface area contributed by atoms with Crippen LogP contribution in [0.25, 0.3) is 0 Å². The van der Waals surface area contributed by atoms with Crippen molar-refractivity contribution in [3.63, 3.8) is 0 Å². The van der Waals surface area contributed by atoms with Crippen LogP contribution in [0.4, 0.5) is 0 Å². The number of benzene rings is 1. The van der Waals surface area contributed by atoms with Gasteiger partial charge in [0.1, 0.15) is 0 Å². The zero-order valence-electron chi connectivity index (χ0n) is 20.0. The Hall–Kier alpha value is -1.67. The molecule has 1 aromatic rings. The summed E-state index contributed by atoms with van der Waals surface area (Å²) in [4.78, 5) is 28.3. The zero-order valence-corrected chi connectivity index (χ0v) is 20.8. The molecule has 4 N–H and O–H groups in total. The summed E-state index contributed by atoms with van der Waals surface area (Å²) in [6, 6.07) is 7.01. The Bertz CT molecular complexity index is 897. The Kier molecular flexibility index (Phi) is 7.30. The van der Waals surface area contributed by atoms with Crippen LogP contribution in [0, 0.1) is 17.3 Å². The predicted molar refractivity (Wildman–Crippen MR) is 129 cm³/mol. The minimum Gasteiger partial charge on any atom is -0.390 e. The van der Waals surface area contributed by atoms with Crippen LogP contribution in [-0.2, 0) is 15.2 Å². The van der Waals surface area contributed by atoms with E-state index >= 15 is 0 Å². The third-order valence-electron chi connectivity index (χ3n) is 8.36. The number of nitrogens with one attached hydrogen (secondary N) is 1. The van der Waals surface area contributed by atoms with Crippen molar-refractivity contribution in [2.45, 2.75) is 82.6 Å². The van der Waals surface area contributed by atoms with E-state index in [0.29, 0.717) is 24.5 Å². The molecule has 2 aliphatic carbocycles. The molecule has 4 rings (SSSR count). The molecule has 2 saturated carbocycles. The zero-order chi connectivity index (χ0) is 24.7. The second-order valence-corrected chi connectivity index (χ2v) is 11.5. The third-order valence-corrected chi connectivity index (χ3v) is 8.61. The minimum absolute atomic E-state index is 0.0303. The standard InChI is InChI=1S/C26H37ClN2O5/c1-25(2)15-29(12-11-26(25,34)17-7-9-18(27)10-8-17)24(33)19-5-3-4-6-20(19)28-23(32)16-13-21(30)22(31)14-16/h7-10,16,19-22,30-31,34H,3-6,11-15H2,1-2H3,(H,28,32)/t16?,19-,20+,21-,22+,26-/m0/s1. The van der Waals surface area contributed by atoms with Crippen LogP contribution in [0.15, 0.2) is 24.3 Å². The van der Waals surface area contributed by atoms with Crippen molar-refractivity contribution >= 4 is 23.4 Å². The number of halogens is 1. The number of carbonyl (C=O) groups is 2. The summed E-state index contributed by atoms with van der Waals surface area (Å²) in [6.07, 6.45) is 2.55. The van der Waals surface area contributed by atoms with Gasteiger partial charge in [0.05, 0.1) is 23.7 Å². The Morgan fingerprint density at radius 2 is 1.68 bits per heavy atom. The van der Waals surface area contributed by atoms with Gasteiger partial charge in [-0.15, -0.1) is 0 Å². The van der Waals surface area contributed by atoms with E-state index in [-0.39, 0.29) is 36.6 Å². The fraction of sp³-hybridized carbons (Fsp3) is 0.692. The number of aliphatic hydroxyl groups excluding tert-OH is 2. The maximum Gasteiger partial charge on any atom is 0.227 e. The van der Waals surface area contributed by atoms with Gasteiger partial charge in [-0.05, 0) is 49.8 Å². The highest BCUT2D eigenvalue weighted by Gasteiger charge is 2.50. The summed E-state index contributed by atoms with van der Waals surface area (Å²) >= 11 is 6.03. The molecule has 0 bridgehead atoms. The molecule has 1 aromatic carbocycles. The van der Waals surface area contributed by atoms with Crippen LogP contribution in [-0.4, -0.2) is 63.4 Å². The van der Waals surface area contributed by atoms with Gasteiger partial charge in [0, 0.05) is 35.5 Å². The molecule has 1 saturated heterocycles. The molecular formula is C26H37ClN2O5. The summed E-state index contributed by atoms with van der Waals surface area (Å²) in [7, 11) is 0. The monoisotopic (exact) mass is 492 g/mol. The van der Waals surface area contributed by atoms with E-state index in [1.165, 1.54) is 0 Å². The molecule has 34 heavy (non-hydrogen) atoms. The van der Waals surface area contributed by atoms with Gasteiger partial charge >= 0.3 is 0 Å². The lowest BCUT2D eigenvalue weighted by atomic mass is 9.66. The molecule has 1 unspecified atom stereocenters. The number of amides is 2. The van der Waals surface area contributed by atoms with Crippen molar-refractivity contribution in [3.8, 4) is 0 Å². The molecular weight excluding hydrogens is 456 g/mol. The Balaban J connectivity index is 1.44. The first-order valence-electron chi connectivity index (χ1n) is 12.5. The molecule has 0 spiro atoms. The lowest BCUT2D eigenvalue weighted by Gasteiger charge is -2.51. The van der Waals surface area contributed by atoms with Crippen molar-refractivity contribution in [2.24, 2.45) is 17.3 Å². The smallest absolute Gasteiger partial charge is 0.227 e. The van der Waals surface area contributed by atoms with E-state index in [9.17, 15) is 24.9 Å². The number of hydrogen-bond acceptors (Lipinski definition) is 5. The molecule has 6 atom stereocenters. The average molecular weight is 493 g/mol. The van der Waals surface area contributed by atoms with Crippen LogP contribution >= 0.6 is 11.6 Å². The number of nitrogens with zero attached hydrogens (tertiary/aromatic N) is 1. The fourth-order valence-corrected chi connectivity index (χ4v) is 6.24. The summed E-state index contributed by atoms with van der Waals surface area (Å²) in [5, 5.41) is 34.9. The van der Waals surface area contributed by atoms with Gasteiger partial charge in [-0.3, -0.25) is 9.59 Å². The summed E-state index contributed by atoms with van der Waals surface area (Å²) < 4.78 is 0. The highest BCUT2D eigenvalue weighted by molar-refractivity contribution is 6.30. The van der Waals surface area contributed by atoms with Crippen LogP contribution in [0.3, 0.4) is 0 Å². The maximum atomic E-state index is 13.6. The first-order valence-corrected chi connectivity index (χ1v) is 12.8. The van der Waals surface area contributed by atoms with E-state index in [1.807, 2.05) is 30.9 Å². The van der Waals surface area contributed by atoms with Crippen LogP contribution < -0.4 is 5.32 Å². The Morgan fingerprint density at radius 1 is 1.06 bits per heavy atom. The maximum absolute atomic E-state index is 13.6. The number of hydrogen-bond donors (Lipinski definition) is 4. The average Bonchev–Trinajstić information content (AvgIpc) is 3.14. The molecule has 188 valence electrons. The lowest BCUT2D eigenvalue weighted by molar-refractivity contribution is -0.158. The first-order chi connectivity index (χ1) is 16.0. The molecule has 0 radical (unpaired) electrons. The summed E-state index contributed by atoms with van der Waals surface area (Å²) in [5.74, 6) is -0.878. The predicted octanol–water partition coefficient (Wildman–Crippen LogP) is 2.59. The van der Waals surface area contributed by atoms with Crippen molar-refractivity contribution in [1.82, 2.24) is 10.2 Å². The Morgan fingerprint density at radius 3 is 2.29 bits per heavy atom. The number of rotatable bonds is 4. The van der Waals surface area contributed by atoms with Crippen molar-refractivity contribution in [3.05, 3.63) is 34.9 Å². The van der Waals surface area contributed by atoms with E-state index in [2.05, 4.69) is 5.32 Å². The van der Waals surface area contributed by atoms with Gasteiger partial charge in [-0.2, -0.15) is 0 Å². The largest absolute Gasteiger partial charge is 0.390 e. The number of carbonyl (C=O) groups excluding carboxylic acids is 2. The quantitative estimate of drug-likeness (QED) is 0.516. The summed E-state index contributed by atoms with van der Waals surface area (Å²) in [6.45, 7) is 4.83. The van der Waals surface area contributed by atoms with Crippen LogP contribution in [0.5, 0.6) is 0 Å². The molecule has 1 heterocycles. The van der Waals surface area contributed by atoms with Gasteiger partial charge in [0.2, 0.25) is 11.8 Å². The molecule has 8 heteroatoms. The van der Waals surface area contributed by atoms with Crippen molar-refractivity contribution < 1.29 is 24.9 Å². The molecule has 7 nitrogen and oxygen atoms in total. The second kappa shape index (κ2) is 9.76. The van der Waals surface area contributed by atoms with Gasteiger partial charge in [0.15, 0.2) is 0 Å². The van der Waals surface area contributed by atoms with Crippen molar-refractivity contribution in [2.75, 3.05) is 13.1 Å². The molecule has 1 aliphatic heterocycles. The molecule has 0 aromatic heterocycles. The fourth-order valence-electron chi connectivity index (χ4n) is 6.11. The highest BCUT2D eigenvalue weighted by atomic mass is 35.5. The van der Waals surface area contributed by atoms with Gasteiger partial charge in [-0.25, -0.2) is 0 Å². The lowest BCUT2D eigenvalue weighted by Crippen LogP contribution is -2.59. The van der Waals surface area contributed by atoms with Gasteiger partial charge in [-0.1, -0.05) is 50.4 Å². The van der Waals surface area contributed by atoms with Crippen LogP contribution in [0.1, 0.15) is 64.4 Å². The number of likely N-dealkylation sites (tertiary alicyclic amines) is 1. The molecule has 3 aliphatic rings. The van der Waals surface area contributed by atoms with E-state index in [0.717, 1.165) is 31.2 Å². The number of piperidine rings is 1. The first kappa shape index (κ1) is 25.4. The molecule has 2 amide bonds. The topological polar surface area (TPSA) is 110 Å². The van der Waals surface area contributed by atoms with E-state index in [1.54, 1.807) is 12.1 Å². The Labute approximate surface area is 206 Å². The summed E-state index contributed by atoms with van der Waals surface area (Å²) in [5.41, 5.74) is -0.838. The van der Waals surface area contributed by atoms with E-state index in [4.69, 9.17) is 11.6 Å². The van der Waals surface area contributed by atoms with E-state index < -0.39 is 29.1 Å².